The summed E-state index contributed by atoms with van der Waals surface area (Å²) in [5, 5.41) is 10.5. The van der Waals surface area contributed by atoms with Gasteiger partial charge >= 0.3 is 0 Å². The summed E-state index contributed by atoms with van der Waals surface area (Å²) >= 11 is 0. The SMILES string of the molecule is CCCc1ccc(C(O)C2CCCCCC2)cc1. The molecule has 1 atom stereocenters. The van der Waals surface area contributed by atoms with E-state index in [0.717, 1.165) is 12.0 Å². The standard InChI is InChI=1S/C17H26O/c1-2-7-14-10-12-16(13-11-14)17(18)15-8-5-3-4-6-9-15/h10-13,15,17-18H,2-9H2,1H3. The third-order valence-electron chi connectivity index (χ3n) is 4.21. The number of aryl methyl sites for hydroxylation is 1. The van der Waals surface area contributed by atoms with Crippen LogP contribution in [-0.4, -0.2) is 5.11 Å². The van der Waals surface area contributed by atoms with Crippen LogP contribution in [0.1, 0.15) is 69.1 Å². The Hall–Kier alpha value is -0.820. The van der Waals surface area contributed by atoms with Gasteiger partial charge in [-0.25, -0.2) is 0 Å². The average Bonchev–Trinajstić information content (AvgIpc) is 2.68. The van der Waals surface area contributed by atoms with Crippen LogP contribution >= 0.6 is 0 Å². The van der Waals surface area contributed by atoms with Crippen molar-refractivity contribution >= 4 is 0 Å². The van der Waals surface area contributed by atoms with E-state index in [0.29, 0.717) is 5.92 Å². The minimum absolute atomic E-state index is 0.251. The van der Waals surface area contributed by atoms with Crippen LogP contribution in [0, 0.1) is 5.92 Å². The normalized spacial score (nSPS) is 19.4. The minimum atomic E-state index is -0.251. The predicted molar refractivity (Wildman–Crippen MR) is 76.6 cm³/mol. The number of aliphatic hydroxyl groups excluding tert-OH is 1. The lowest BCUT2D eigenvalue weighted by molar-refractivity contribution is 0.0988. The maximum atomic E-state index is 10.5. The monoisotopic (exact) mass is 246 g/mol. The van der Waals surface area contributed by atoms with Gasteiger partial charge in [0.2, 0.25) is 0 Å². The van der Waals surface area contributed by atoms with Crippen LogP contribution in [0.5, 0.6) is 0 Å². The van der Waals surface area contributed by atoms with Crippen molar-refractivity contribution in [1.29, 1.82) is 0 Å². The molecule has 2 rings (SSSR count). The van der Waals surface area contributed by atoms with Gasteiger partial charge in [0.05, 0.1) is 6.10 Å². The Labute approximate surface area is 111 Å². The molecule has 0 heterocycles. The van der Waals surface area contributed by atoms with E-state index in [9.17, 15) is 5.11 Å². The van der Waals surface area contributed by atoms with Gasteiger partial charge in [-0.2, -0.15) is 0 Å². The summed E-state index contributed by atoms with van der Waals surface area (Å²) in [5.41, 5.74) is 2.50. The fourth-order valence-electron chi connectivity index (χ4n) is 3.07. The minimum Gasteiger partial charge on any atom is -0.388 e. The van der Waals surface area contributed by atoms with Gasteiger partial charge in [0.15, 0.2) is 0 Å². The van der Waals surface area contributed by atoms with Crippen molar-refractivity contribution in [3.63, 3.8) is 0 Å². The molecule has 0 radical (unpaired) electrons. The third-order valence-corrected chi connectivity index (χ3v) is 4.21. The van der Waals surface area contributed by atoms with Crippen molar-refractivity contribution in [2.75, 3.05) is 0 Å². The largest absolute Gasteiger partial charge is 0.388 e. The molecule has 18 heavy (non-hydrogen) atoms. The van der Waals surface area contributed by atoms with Crippen molar-refractivity contribution in [2.24, 2.45) is 5.92 Å². The number of benzene rings is 1. The van der Waals surface area contributed by atoms with Gasteiger partial charge in [0.1, 0.15) is 0 Å². The van der Waals surface area contributed by atoms with Gasteiger partial charge in [-0.05, 0) is 36.3 Å². The predicted octanol–water partition coefficient (Wildman–Crippen LogP) is 4.64. The smallest absolute Gasteiger partial charge is 0.0818 e. The zero-order chi connectivity index (χ0) is 12.8. The van der Waals surface area contributed by atoms with E-state index in [1.54, 1.807) is 0 Å². The second-order valence-corrected chi connectivity index (χ2v) is 5.69. The Morgan fingerprint density at radius 2 is 1.67 bits per heavy atom. The summed E-state index contributed by atoms with van der Waals surface area (Å²) in [7, 11) is 0. The lowest BCUT2D eigenvalue weighted by Gasteiger charge is -2.21. The molecule has 1 aromatic carbocycles. The van der Waals surface area contributed by atoms with E-state index in [1.807, 2.05) is 0 Å². The first-order valence-electron chi connectivity index (χ1n) is 7.58. The quantitative estimate of drug-likeness (QED) is 0.767. The first-order chi connectivity index (χ1) is 8.81. The van der Waals surface area contributed by atoms with E-state index in [1.165, 1.54) is 50.5 Å². The Bertz CT molecular complexity index is 333. The first-order valence-corrected chi connectivity index (χ1v) is 7.58. The molecule has 1 unspecified atom stereocenters. The van der Waals surface area contributed by atoms with E-state index in [2.05, 4.69) is 31.2 Å². The van der Waals surface area contributed by atoms with Gasteiger partial charge in [-0.1, -0.05) is 63.3 Å². The first kappa shape index (κ1) is 13.6. The van der Waals surface area contributed by atoms with Gasteiger partial charge in [0.25, 0.3) is 0 Å². The molecule has 0 aliphatic heterocycles. The van der Waals surface area contributed by atoms with Crippen molar-refractivity contribution in [3.8, 4) is 0 Å². The van der Waals surface area contributed by atoms with E-state index < -0.39 is 0 Å². The second-order valence-electron chi connectivity index (χ2n) is 5.69. The van der Waals surface area contributed by atoms with Gasteiger partial charge in [-0.3, -0.25) is 0 Å². The number of aliphatic hydroxyl groups is 1. The molecule has 1 nitrogen and oxygen atoms in total. The second kappa shape index (κ2) is 6.94. The molecule has 0 amide bonds. The highest BCUT2D eigenvalue weighted by atomic mass is 16.3. The fourth-order valence-corrected chi connectivity index (χ4v) is 3.07. The summed E-state index contributed by atoms with van der Waals surface area (Å²) in [5.74, 6) is 0.476. The van der Waals surface area contributed by atoms with Crippen molar-refractivity contribution in [1.82, 2.24) is 0 Å². The van der Waals surface area contributed by atoms with Crippen molar-refractivity contribution < 1.29 is 5.11 Å². The summed E-state index contributed by atoms with van der Waals surface area (Å²) in [6, 6.07) is 8.61. The molecule has 100 valence electrons. The molecular weight excluding hydrogens is 220 g/mol. The highest BCUT2D eigenvalue weighted by molar-refractivity contribution is 5.24. The molecule has 0 spiro atoms. The molecule has 0 saturated heterocycles. The molecule has 0 bridgehead atoms. The molecule has 1 N–H and O–H groups in total. The molecule has 1 aliphatic rings. The zero-order valence-electron chi connectivity index (χ0n) is 11.6. The van der Waals surface area contributed by atoms with E-state index >= 15 is 0 Å². The number of hydrogen-bond donors (Lipinski definition) is 1. The summed E-state index contributed by atoms with van der Waals surface area (Å²) in [4.78, 5) is 0. The van der Waals surface area contributed by atoms with E-state index in [-0.39, 0.29) is 6.10 Å². The topological polar surface area (TPSA) is 20.2 Å². The Balaban J connectivity index is 2.00. The fraction of sp³-hybridized carbons (Fsp3) is 0.647. The maximum Gasteiger partial charge on any atom is 0.0818 e. The summed E-state index contributed by atoms with van der Waals surface area (Å²) in [6.07, 6.45) is 9.72. The van der Waals surface area contributed by atoms with Crippen molar-refractivity contribution in [3.05, 3.63) is 35.4 Å². The van der Waals surface area contributed by atoms with Crippen LogP contribution in [-0.2, 0) is 6.42 Å². The van der Waals surface area contributed by atoms with Crippen LogP contribution in [0.3, 0.4) is 0 Å². The molecule has 1 aliphatic carbocycles. The lowest BCUT2D eigenvalue weighted by Crippen LogP contribution is -2.11. The average molecular weight is 246 g/mol. The summed E-state index contributed by atoms with van der Waals surface area (Å²) < 4.78 is 0. The van der Waals surface area contributed by atoms with Crippen LogP contribution in [0.25, 0.3) is 0 Å². The van der Waals surface area contributed by atoms with Crippen LogP contribution in [0.15, 0.2) is 24.3 Å². The zero-order valence-corrected chi connectivity index (χ0v) is 11.6. The number of rotatable bonds is 4. The highest BCUT2D eigenvalue weighted by Crippen LogP contribution is 2.33. The van der Waals surface area contributed by atoms with Gasteiger partial charge in [0, 0.05) is 0 Å². The van der Waals surface area contributed by atoms with Gasteiger partial charge < -0.3 is 5.11 Å². The summed E-state index contributed by atoms with van der Waals surface area (Å²) in [6.45, 7) is 2.20. The third kappa shape index (κ3) is 3.58. The van der Waals surface area contributed by atoms with Crippen molar-refractivity contribution in [2.45, 2.75) is 64.4 Å². The van der Waals surface area contributed by atoms with Crippen LogP contribution < -0.4 is 0 Å². The molecular formula is C17H26O. The molecule has 1 aromatic rings. The molecule has 1 heteroatoms. The van der Waals surface area contributed by atoms with E-state index in [4.69, 9.17) is 0 Å². The molecule has 0 aromatic heterocycles. The number of hydrogen-bond acceptors (Lipinski definition) is 1. The molecule has 1 saturated carbocycles. The lowest BCUT2D eigenvalue weighted by atomic mass is 9.89. The Morgan fingerprint density at radius 3 is 2.22 bits per heavy atom. The Kier molecular flexibility index (Phi) is 5.25. The maximum absolute atomic E-state index is 10.5. The van der Waals surface area contributed by atoms with Gasteiger partial charge in [-0.15, -0.1) is 0 Å². The highest BCUT2D eigenvalue weighted by Gasteiger charge is 2.21. The molecule has 1 fully saturated rings. The van der Waals surface area contributed by atoms with Crippen LogP contribution in [0.4, 0.5) is 0 Å². The van der Waals surface area contributed by atoms with Crippen LogP contribution in [0.2, 0.25) is 0 Å². The Morgan fingerprint density at radius 1 is 1.06 bits per heavy atom.